The number of benzene rings is 1. The third-order valence-corrected chi connectivity index (χ3v) is 6.09. The van der Waals surface area contributed by atoms with Crippen molar-refractivity contribution in [1.29, 1.82) is 0 Å². The summed E-state index contributed by atoms with van der Waals surface area (Å²) in [6.07, 6.45) is 1.04. The molecule has 1 aromatic carbocycles. The predicted octanol–water partition coefficient (Wildman–Crippen LogP) is 1.70. The minimum atomic E-state index is 0.0964. The molecule has 0 N–H and O–H groups in total. The Bertz CT molecular complexity index is 621. The average molecular weight is 364 g/mol. The van der Waals surface area contributed by atoms with E-state index in [-0.39, 0.29) is 18.7 Å². The van der Waals surface area contributed by atoms with Crippen molar-refractivity contribution < 1.29 is 19.0 Å². The molecule has 1 amide bonds. The Morgan fingerprint density at radius 3 is 2.88 bits per heavy atom. The normalized spacial score (nSPS) is 24.2. The van der Waals surface area contributed by atoms with Gasteiger partial charge in [-0.3, -0.25) is 9.69 Å². The van der Waals surface area contributed by atoms with Gasteiger partial charge in [-0.2, -0.15) is 11.8 Å². The topological polar surface area (TPSA) is 51.2 Å². The minimum absolute atomic E-state index is 0.0964. The second kappa shape index (κ2) is 7.85. The van der Waals surface area contributed by atoms with Crippen molar-refractivity contribution in [2.24, 2.45) is 0 Å². The first kappa shape index (κ1) is 17.0. The lowest BCUT2D eigenvalue weighted by atomic mass is 10.1. The fraction of sp³-hybridized carbons (Fsp3) is 0.611. The van der Waals surface area contributed by atoms with Crippen LogP contribution in [0.5, 0.6) is 11.5 Å². The highest BCUT2D eigenvalue weighted by Gasteiger charge is 2.29. The summed E-state index contributed by atoms with van der Waals surface area (Å²) in [7, 11) is 0. The Morgan fingerprint density at radius 1 is 1.16 bits per heavy atom. The molecule has 0 saturated carbocycles. The largest absolute Gasteiger partial charge is 0.454 e. The van der Waals surface area contributed by atoms with Crippen LogP contribution in [-0.4, -0.2) is 79.4 Å². The quantitative estimate of drug-likeness (QED) is 0.814. The minimum Gasteiger partial charge on any atom is -0.454 e. The number of fused-ring (bicyclic) bond motifs is 1. The summed E-state index contributed by atoms with van der Waals surface area (Å²) in [6.45, 7) is 5.45. The number of morpholine rings is 1. The Hall–Kier alpha value is -1.44. The lowest BCUT2D eigenvalue weighted by Crippen LogP contribution is -2.50. The second-order valence-corrected chi connectivity index (χ2v) is 7.71. The van der Waals surface area contributed by atoms with Crippen molar-refractivity contribution >= 4 is 17.7 Å². The van der Waals surface area contributed by atoms with Crippen molar-refractivity contribution in [3.8, 4) is 11.5 Å². The van der Waals surface area contributed by atoms with Crippen LogP contribution in [0, 0.1) is 0 Å². The van der Waals surface area contributed by atoms with E-state index in [2.05, 4.69) is 9.80 Å². The number of carbonyl (C=O) groups excluding carboxylic acids is 1. The molecule has 3 aliphatic rings. The van der Waals surface area contributed by atoms with Crippen LogP contribution in [0.3, 0.4) is 0 Å². The maximum absolute atomic E-state index is 13.2. The molecule has 3 aliphatic heterocycles. The van der Waals surface area contributed by atoms with Crippen molar-refractivity contribution in [1.82, 2.24) is 9.80 Å². The first-order valence-corrected chi connectivity index (χ1v) is 10.1. The number of nitrogens with zero attached hydrogens (tertiary/aromatic N) is 2. The van der Waals surface area contributed by atoms with Gasteiger partial charge >= 0.3 is 0 Å². The van der Waals surface area contributed by atoms with E-state index in [0.29, 0.717) is 17.1 Å². The van der Waals surface area contributed by atoms with E-state index < -0.39 is 0 Å². The Kier molecular flexibility index (Phi) is 5.33. The molecule has 1 atom stereocenters. The summed E-state index contributed by atoms with van der Waals surface area (Å²) < 4.78 is 16.2. The molecule has 0 spiro atoms. The fourth-order valence-corrected chi connectivity index (χ4v) is 4.58. The lowest BCUT2D eigenvalue weighted by molar-refractivity contribution is 0.0245. The second-order valence-electron chi connectivity index (χ2n) is 6.56. The molecule has 4 rings (SSSR count). The molecule has 1 unspecified atom stereocenters. The number of carbonyl (C=O) groups is 1. The molecule has 136 valence electrons. The van der Waals surface area contributed by atoms with Crippen LogP contribution in [0.1, 0.15) is 16.8 Å². The Morgan fingerprint density at radius 2 is 2.00 bits per heavy atom. The fourth-order valence-electron chi connectivity index (χ4n) is 3.52. The monoisotopic (exact) mass is 364 g/mol. The van der Waals surface area contributed by atoms with Crippen LogP contribution in [-0.2, 0) is 4.74 Å². The number of rotatable bonds is 3. The third kappa shape index (κ3) is 3.88. The van der Waals surface area contributed by atoms with Gasteiger partial charge in [0, 0.05) is 37.5 Å². The first-order chi connectivity index (χ1) is 12.3. The summed E-state index contributed by atoms with van der Waals surface area (Å²) in [6, 6.07) is 5.73. The Labute approximate surface area is 152 Å². The molecule has 1 aromatic rings. The van der Waals surface area contributed by atoms with Gasteiger partial charge in [0.2, 0.25) is 6.79 Å². The van der Waals surface area contributed by atoms with Crippen molar-refractivity contribution in [3.05, 3.63) is 23.8 Å². The van der Waals surface area contributed by atoms with Gasteiger partial charge in [0.1, 0.15) is 0 Å². The Balaban J connectivity index is 1.50. The molecule has 7 heteroatoms. The van der Waals surface area contributed by atoms with Crippen LogP contribution in [0.25, 0.3) is 0 Å². The number of ether oxygens (including phenoxy) is 3. The molecule has 6 nitrogen and oxygen atoms in total. The summed E-state index contributed by atoms with van der Waals surface area (Å²) in [4.78, 5) is 17.7. The zero-order valence-electron chi connectivity index (χ0n) is 14.3. The van der Waals surface area contributed by atoms with E-state index in [1.807, 2.05) is 30.0 Å². The maximum atomic E-state index is 13.2. The number of hydrogen-bond acceptors (Lipinski definition) is 6. The smallest absolute Gasteiger partial charge is 0.254 e. The van der Waals surface area contributed by atoms with Crippen molar-refractivity contribution in [3.63, 3.8) is 0 Å². The summed E-state index contributed by atoms with van der Waals surface area (Å²) in [5.74, 6) is 3.59. The van der Waals surface area contributed by atoms with E-state index in [9.17, 15) is 4.79 Å². The maximum Gasteiger partial charge on any atom is 0.254 e. The van der Waals surface area contributed by atoms with Crippen LogP contribution in [0.15, 0.2) is 18.2 Å². The van der Waals surface area contributed by atoms with Gasteiger partial charge < -0.3 is 19.1 Å². The van der Waals surface area contributed by atoms with Crippen molar-refractivity contribution in [2.75, 3.05) is 57.7 Å². The molecule has 2 saturated heterocycles. The number of hydrogen-bond donors (Lipinski definition) is 0. The van der Waals surface area contributed by atoms with E-state index in [0.717, 1.165) is 57.3 Å². The van der Waals surface area contributed by atoms with Gasteiger partial charge in [-0.1, -0.05) is 0 Å². The van der Waals surface area contributed by atoms with Crippen LogP contribution in [0.2, 0.25) is 0 Å². The summed E-state index contributed by atoms with van der Waals surface area (Å²) in [5.41, 5.74) is 0.683. The van der Waals surface area contributed by atoms with Crippen molar-refractivity contribution in [2.45, 2.75) is 12.5 Å². The lowest BCUT2D eigenvalue weighted by Gasteiger charge is -2.35. The van der Waals surface area contributed by atoms with Crippen LogP contribution < -0.4 is 9.47 Å². The van der Waals surface area contributed by atoms with Crippen LogP contribution in [0.4, 0.5) is 0 Å². The molecule has 25 heavy (non-hydrogen) atoms. The van der Waals surface area contributed by atoms with Gasteiger partial charge in [0.05, 0.1) is 19.3 Å². The van der Waals surface area contributed by atoms with E-state index in [4.69, 9.17) is 14.2 Å². The SMILES string of the molecule is O=C(c1ccc2c(c1)OCO2)N1CCCSCC1CN1CCOCC1. The zero-order chi connectivity index (χ0) is 17.1. The third-order valence-electron chi connectivity index (χ3n) is 4.89. The first-order valence-electron chi connectivity index (χ1n) is 8.90. The molecule has 0 radical (unpaired) electrons. The zero-order valence-corrected chi connectivity index (χ0v) is 15.1. The molecular formula is C18H24N2O4S. The highest BCUT2D eigenvalue weighted by molar-refractivity contribution is 7.99. The average Bonchev–Trinajstić information content (AvgIpc) is 3.00. The van der Waals surface area contributed by atoms with Gasteiger partial charge in [-0.05, 0) is 30.4 Å². The highest BCUT2D eigenvalue weighted by atomic mass is 32.2. The molecular weight excluding hydrogens is 340 g/mol. The standard InChI is InChI=1S/C18H24N2O4S/c21-18(14-2-3-16-17(10-14)24-13-23-16)20-4-1-9-25-12-15(20)11-19-5-7-22-8-6-19/h2-3,10,15H,1,4-9,11-13H2. The van der Waals surface area contributed by atoms with E-state index in [1.165, 1.54) is 0 Å². The van der Waals surface area contributed by atoms with Gasteiger partial charge in [0.15, 0.2) is 11.5 Å². The molecule has 3 heterocycles. The molecule has 2 fully saturated rings. The number of thioether (sulfide) groups is 1. The van der Waals surface area contributed by atoms with Gasteiger partial charge in [0.25, 0.3) is 5.91 Å². The van der Waals surface area contributed by atoms with Crippen LogP contribution >= 0.6 is 11.8 Å². The molecule has 0 aromatic heterocycles. The van der Waals surface area contributed by atoms with E-state index in [1.54, 1.807) is 0 Å². The summed E-state index contributed by atoms with van der Waals surface area (Å²) >= 11 is 1.95. The summed E-state index contributed by atoms with van der Waals surface area (Å²) in [5, 5.41) is 0. The predicted molar refractivity (Wildman–Crippen MR) is 96.6 cm³/mol. The van der Waals surface area contributed by atoms with Gasteiger partial charge in [-0.25, -0.2) is 0 Å². The van der Waals surface area contributed by atoms with Gasteiger partial charge in [-0.15, -0.1) is 0 Å². The number of amides is 1. The molecule has 0 aliphatic carbocycles. The molecule has 0 bridgehead atoms. The highest BCUT2D eigenvalue weighted by Crippen LogP contribution is 2.33. The van der Waals surface area contributed by atoms with E-state index >= 15 is 0 Å².